The van der Waals surface area contributed by atoms with Crippen LogP contribution in [-0.4, -0.2) is 22.8 Å². The van der Waals surface area contributed by atoms with Crippen LogP contribution in [0.5, 0.6) is 0 Å². The molecule has 1 aliphatic rings. The van der Waals surface area contributed by atoms with E-state index in [0.29, 0.717) is 10.6 Å². The number of carbonyl (C=O) groups is 3. The lowest BCUT2D eigenvalue weighted by Gasteiger charge is -2.12. The highest BCUT2D eigenvalue weighted by molar-refractivity contribution is 14.1. The fourth-order valence-electron chi connectivity index (χ4n) is 1.41. The van der Waals surface area contributed by atoms with Crippen LogP contribution in [0.1, 0.15) is 23.2 Å². The zero-order valence-corrected chi connectivity index (χ0v) is 10.8. The fraction of sp³-hybridized carbons (Fsp3) is 0.182. The molecule has 1 aliphatic heterocycles. The van der Waals surface area contributed by atoms with Crippen LogP contribution in [0.15, 0.2) is 24.3 Å². The third-order valence-electron chi connectivity index (χ3n) is 2.24. The maximum atomic E-state index is 11.7. The van der Waals surface area contributed by atoms with Crippen molar-refractivity contribution in [1.29, 1.82) is 0 Å². The van der Waals surface area contributed by atoms with E-state index in [1.807, 2.05) is 6.07 Å². The number of imide groups is 1. The molecule has 88 valence electrons. The van der Waals surface area contributed by atoms with Crippen molar-refractivity contribution < 1.29 is 19.2 Å². The molecule has 1 aromatic rings. The molecule has 0 aromatic heterocycles. The molecule has 0 saturated carbocycles. The Morgan fingerprint density at radius 3 is 2.47 bits per heavy atom. The van der Waals surface area contributed by atoms with Gasteiger partial charge in [0, 0.05) is 16.4 Å². The molecule has 1 aromatic carbocycles. The van der Waals surface area contributed by atoms with Gasteiger partial charge in [-0.3, -0.25) is 9.59 Å². The van der Waals surface area contributed by atoms with E-state index in [1.54, 1.807) is 18.2 Å². The van der Waals surface area contributed by atoms with E-state index >= 15 is 0 Å². The van der Waals surface area contributed by atoms with Crippen LogP contribution in [-0.2, 0) is 14.4 Å². The zero-order valence-electron chi connectivity index (χ0n) is 8.68. The zero-order chi connectivity index (χ0) is 12.4. The van der Waals surface area contributed by atoms with Crippen molar-refractivity contribution in [2.75, 3.05) is 0 Å². The first-order valence-corrected chi connectivity index (χ1v) is 5.99. The second kappa shape index (κ2) is 4.82. The molecular formula is C11H8INO4. The van der Waals surface area contributed by atoms with E-state index in [2.05, 4.69) is 22.6 Å². The fourth-order valence-corrected chi connectivity index (χ4v) is 1.95. The summed E-state index contributed by atoms with van der Waals surface area (Å²) >= 11 is 2.06. The van der Waals surface area contributed by atoms with E-state index in [0.717, 1.165) is 3.57 Å². The van der Waals surface area contributed by atoms with E-state index < -0.39 is 17.8 Å². The summed E-state index contributed by atoms with van der Waals surface area (Å²) in [5, 5.41) is 0.544. The quantitative estimate of drug-likeness (QED) is 0.603. The number of amides is 2. The summed E-state index contributed by atoms with van der Waals surface area (Å²) in [6, 6.07) is 6.71. The average Bonchev–Trinajstić information content (AvgIpc) is 2.61. The molecule has 0 atom stereocenters. The van der Waals surface area contributed by atoms with Crippen molar-refractivity contribution in [3.05, 3.63) is 33.4 Å². The van der Waals surface area contributed by atoms with Gasteiger partial charge in [0.1, 0.15) is 0 Å². The Balaban J connectivity index is 2.12. The van der Waals surface area contributed by atoms with Crippen LogP contribution >= 0.6 is 22.6 Å². The highest BCUT2D eigenvalue weighted by Crippen LogP contribution is 2.15. The average molecular weight is 343 g/mol. The number of nitrogens with zero attached hydrogens (tertiary/aromatic N) is 1. The van der Waals surface area contributed by atoms with Crippen LogP contribution in [0.4, 0.5) is 0 Å². The molecule has 0 N–H and O–H groups in total. The van der Waals surface area contributed by atoms with Gasteiger partial charge in [0.25, 0.3) is 11.8 Å². The molecule has 0 bridgehead atoms. The van der Waals surface area contributed by atoms with Crippen molar-refractivity contribution >= 4 is 40.4 Å². The third-order valence-corrected chi connectivity index (χ3v) is 2.91. The molecule has 1 saturated heterocycles. The topological polar surface area (TPSA) is 63.7 Å². The lowest BCUT2D eigenvalue weighted by Crippen LogP contribution is -2.32. The molecule has 2 amide bonds. The Hall–Kier alpha value is -1.44. The van der Waals surface area contributed by atoms with E-state index in [1.165, 1.54) is 0 Å². The Morgan fingerprint density at radius 2 is 1.88 bits per heavy atom. The van der Waals surface area contributed by atoms with Crippen molar-refractivity contribution in [2.45, 2.75) is 12.8 Å². The van der Waals surface area contributed by atoms with Crippen molar-refractivity contribution in [3.63, 3.8) is 0 Å². The monoisotopic (exact) mass is 343 g/mol. The van der Waals surface area contributed by atoms with E-state index in [4.69, 9.17) is 4.84 Å². The predicted octanol–water partition coefficient (Wildman–Crippen LogP) is 1.51. The van der Waals surface area contributed by atoms with Gasteiger partial charge < -0.3 is 4.84 Å². The predicted molar refractivity (Wildman–Crippen MR) is 65.7 cm³/mol. The van der Waals surface area contributed by atoms with Crippen molar-refractivity contribution in [1.82, 2.24) is 5.06 Å². The number of hydrogen-bond donors (Lipinski definition) is 0. The number of hydroxylamine groups is 2. The number of carbonyl (C=O) groups excluding carboxylic acids is 3. The number of hydrogen-bond acceptors (Lipinski definition) is 4. The molecular weight excluding hydrogens is 335 g/mol. The summed E-state index contributed by atoms with van der Waals surface area (Å²) in [5.74, 6) is -1.66. The SMILES string of the molecule is O=C(ON1C(=O)CCC1=O)c1cccc([125I])c1. The maximum Gasteiger partial charge on any atom is 0.363 e. The van der Waals surface area contributed by atoms with Crippen molar-refractivity contribution in [3.8, 4) is 0 Å². The Morgan fingerprint density at radius 1 is 1.24 bits per heavy atom. The molecule has 0 spiro atoms. The summed E-state index contributed by atoms with van der Waals surface area (Å²) in [7, 11) is 0. The Labute approximate surface area is 111 Å². The molecule has 2 rings (SSSR count). The van der Waals surface area contributed by atoms with Crippen LogP contribution in [0.3, 0.4) is 0 Å². The van der Waals surface area contributed by atoms with Gasteiger partial charge in [-0.15, -0.1) is 5.06 Å². The summed E-state index contributed by atoms with van der Waals surface area (Å²) in [6.07, 6.45) is 0.191. The lowest BCUT2D eigenvalue weighted by atomic mass is 10.2. The van der Waals surface area contributed by atoms with Gasteiger partial charge in [-0.2, -0.15) is 0 Å². The van der Waals surface area contributed by atoms with Gasteiger partial charge in [0.2, 0.25) is 0 Å². The van der Waals surface area contributed by atoms with Crippen LogP contribution < -0.4 is 0 Å². The number of halogens is 1. The minimum atomic E-state index is -0.702. The molecule has 5 nitrogen and oxygen atoms in total. The minimum absolute atomic E-state index is 0.0957. The van der Waals surface area contributed by atoms with Crippen LogP contribution in [0.25, 0.3) is 0 Å². The third kappa shape index (κ3) is 2.63. The Bertz CT molecular complexity index is 484. The molecule has 6 heteroatoms. The summed E-state index contributed by atoms with van der Waals surface area (Å²) in [5.41, 5.74) is 0.310. The molecule has 1 fully saturated rings. The van der Waals surface area contributed by atoms with Gasteiger partial charge in [-0.1, -0.05) is 6.07 Å². The van der Waals surface area contributed by atoms with Gasteiger partial charge in [0.05, 0.1) is 5.56 Å². The summed E-state index contributed by atoms with van der Waals surface area (Å²) < 4.78 is 0.871. The van der Waals surface area contributed by atoms with Gasteiger partial charge in [0.15, 0.2) is 0 Å². The molecule has 1 heterocycles. The van der Waals surface area contributed by atoms with E-state index in [-0.39, 0.29) is 12.8 Å². The van der Waals surface area contributed by atoms with E-state index in [9.17, 15) is 14.4 Å². The van der Waals surface area contributed by atoms with Crippen molar-refractivity contribution in [2.24, 2.45) is 0 Å². The van der Waals surface area contributed by atoms with Gasteiger partial charge in [-0.25, -0.2) is 4.79 Å². The number of benzene rings is 1. The maximum absolute atomic E-state index is 11.7. The van der Waals surface area contributed by atoms with Crippen LogP contribution in [0, 0.1) is 3.57 Å². The summed E-state index contributed by atoms with van der Waals surface area (Å²) in [4.78, 5) is 38.9. The first-order chi connectivity index (χ1) is 8.08. The first-order valence-electron chi connectivity index (χ1n) is 4.91. The van der Waals surface area contributed by atoms with Gasteiger partial charge >= 0.3 is 5.97 Å². The Kier molecular flexibility index (Phi) is 3.41. The highest BCUT2D eigenvalue weighted by atomic mass is 125. The second-order valence-corrected chi connectivity index (χ2v) is 4.72. The molecule has 0 unspecified atom stereocenters. The standard InChI is InChI=1S/C11H8INO4/c12-8-3-1-2-7(6-8)11(16)17-13-9(14)4-5-10(13)15/h1-3,6H,4-5H2/i12-2. The molecule has 0 radical (unpaired) electrons. The highest BCUT2D eigenvalue weighted by Gasteiger charge is 2.33. The van der Waals surface area contributed by atoms with Crippen LogP contribution in [0.2, 0.25) is 0 Å². The smallest absolute Gasteiger partial charge is 0.325 e. The molecule has 0 aliphatic carbocycles. The second-order valence-electron chi connectivity index (χ2n) is 3.47. The first kappa shape index (κ1) is 12.0. The largest absolute Gasteiger partial charge is 0.363 e. The lowest BCUT2D eigenvalue weighted by molar-refractivity contribution is -0.172. The summed E-state index contributed by atoms with van der Waals surface area (Å²) in [6.45, 7) is 0. The van der Waals surface area contributed by atoms with Gasteiger partial charge in [-0.05, 0) is 40.8 Å². The minimum Gasteiger partial charge on any atom is -0.325 e. The normalized spacial score (nSPS) is 15.2. The molecule has 17 heavy (non-hydrogen) atoms. The number of rotatable bonds is 2.